The second-order valence-corrected chi connectivity index (χ2v) is 6.77. The van der Waals surface area contributed by atoms with E-state index in [1.54, 1.807) is 0 Å². The second kappa shape index (κ2) is 7.94. The molecular weight excluding hydrogens is 266 g/mol. The van der Waals surface area contributed by atoms with Gasteiger partial charge >= 0.3 is 0 Å². The van der Waals surface area contributed by atoms with Crippen molar-refractivity contribution in [2.24, 2.45) is 5.92 Å². The predicted molar refractivity (Wildman–Crippen MR) is 87.7 cm³/mol. The van der Waals surface area contributed by atoms with Crippen LogP contribution in [0.3, 0.4) is 0 Å². The Hall–Kier alpha value is -0.670. The normalized spacial score (nSPS) is 20.9. The first kappa shape index (κ1) is 15.7. The molecule has 1 aromatic carbocycles. The topological polar surface area (TPSA) is 21.3 Å². The fourth-order valence-electron chi connectivity index (χ4n) is 2.91. The fourth-order valence-corrected chi connectivity index (χ4v) is 3.98. The number of hydrogen-bond acceptors (Lipinski definition) is 3. The van der Waals surface area contributed by atoms with Crippen molar-refractivity contribution >= 4 is 11.8 Å². The summed E-state index contributed by atoms with van der Waals surface area (Å²) in [5, 5.41) is 3.63. The van der Waals surface area contributed by atoms with Gasteiger partial charge in [-0.15, -0.1) is 11.8 Å². The van der Waals surface area contributed by atoms with E-state index in [1.807, 2.05) is 11.8 Å². The summed E-state index contributed by atoms with van der Waals surface area (Å²) < 4.78 is 6.24. The summed E-state index contributed by atoms with van der Waals surface area (Å²) in [6, 6.07) is 8.84. The van der Waals surface area contributed by atoms with Gasteiger partial charge in [-0.1, -0.05) is 45.7 Å². The molecule has 0 saturated heterocycles. The van der Waals surface area contributed by atoms with Crippen LogP contribution in [0.1, 0.15) is 40.0 Å². The van der Waals surface area contributed by atoms with Crippen LogP contribution >= 0.6 is 11.8 Å². The van der Waals surface area contributed by atoms with Gasteiger partial charge in [0.15, 0.2) is 0 Å². The van der Waals surface area contributed by atoms with Crippen LogP contribution in [-0.4, -0.2) is 24.4 Å². The van der Waals surface area contributed by atoms with Gasteiger partial charge in [0.25, 0.3) is 0 Å². The lowest BCUT2D eigenvalue weighted by molar-refractivity contribution is 0.151. The number of ether oxygens (including phenoxy) is 1. The van der Waals surface area contributed by atoms with Gasteiger partial charge < -0.3 is 10.1 Å². The summed E-state index contributed by atoms with van der Waals surface area (Å²) in [5.41, 5.74) is 0. The van der Waals surface area contributed by atoms with E-state index in [1.165, 1.54) is 24.2 Å². The van der Waals surface area contributed by atoms with Crippen molar-refractivity contribution in [3.8, 4) is 5.75 Å². The van der Waals surface area contributed by atoms with Crippen LogP contribution in [0.2, 0.25) is 0 Å². The minimum atomic E-state index is 0.286. The fraction of sp³-hybridized carbons (Fsp3) is 0.647. The van der Waals surface area contributed by atoms with E-state index < -0.39 is 0 Å². The average molecular weight is 293 g/mol. The minimum absolute atomic E-state index is 0.286. The molecule has 1 heterocycles. The van der Waals surface area contributed by atoms with Crippen molar-refractivity contribution < 1.29 is 4.74 Å². The summed E-state index contributed by atoms with van der Waals surface area (Å²) in [4.78, 5) is 1.28. The Kier molecular flexibility index (Phi) is 6.24. The van der Waals surface area contributed by atoms with E-state index in [0.29, 0.717) is 6.04 Å². The quantitative estimate of drug-likeness (QED) is 0.808. The third kappa shape index (κ3) is 4.16. The summed E-state index contributed by atoms with van der Waals surface area (Å²) in [5.74, 6) is 2.86. The van der Waals surface area contributed by atoms with E-state index in [0.717, 1.165) is 24.0 Å². The van der Waals surface area contributed by atoms with Crippen LogP contribution < -0.4 is 10.1 Å². The molecule has 0 amide bonds. The summed E-state index contributed by atoms with van der Waals surface area (Å²) in [6.45, 7) is 7.82. The monoisotopic (exact) mass is 293 g/mol. The molecule has 0 spiro atoms. The Morgan fingerprint density at radius 3 is 2.90 bits per heavy atom. The number of thioether (sulfide) groups is 1. The molecule has 1 aromatic rings. The highest BCUT2D eigenvalue weighted by Crippen LogP contribution is 2.36. The number of fused-ring (bicyclic) bond motifs is 1. The molecule has 0 fully saturated rings. The molecule has 0 saturated carbocycles. The zero-order valence-corrected chi connectivity index (χ0v) is 13.7. The second-order valence-electron chi connectivity index (χ2n) is 5.71. The van der Waals surface area contributed by atoms with Gasteiger partial charge in [-0.05, 0) is 31.0 Å². The number of benzene rings is 1. The van der Waals surface area contributed by atoms with Crippen LogP contribution in [0.25, 0.3) is 0 Å². The molecule has 20 heavy (non-hydrogen) atoms. The van der Waals surface area contributed by atoms with E-state index in [9.17, 15) is 0 Å². The first-order chi connectivity index (χ1) is 9.74. The van der Waals surface area contributed by atoms with Gasteiger partial charge in [0.2, 0.25) is 0 Å². The third-order valence-electron chi connectivity index (χ3n) is 3.88. The Morgan fingerprint density at radius 1 is 1.35 bits per heavy atom. The Labute approximate surface area is 127 Å². The maximum atomic E-state index is 6.24. The molecule has 0 aromatic heterocycles. The van der Waals surface area contributed by atoms with Crippen molar-refractivity contribution in [3.63, 3.8) is 0 Å². The zero-order chi connectivity index (χ0) is 14.4. The van der Waals surface area contributed by atoms with E-state index in [2.05, 4.69) is 50.4 Å². The van der Waals surface area contributed by atoms with Crippen molar-refractivity contribution in [2.75, 3.05) is 12.3 Å². The number of rotatable bonds is 7. The summed E-state index contributed by atoms with van der Waals surface area (Å²) in [7, 11) is 0. The van der Waals surface area contributed by atoms with Crippen LogP contribution in [-0.2, 0) is 0 Å². The minimum Gasteiger partial charge on any atom is -0.487 e. The summed E-state index contributed by atoms with van der Waals surface area (Å²) in [6.07, 6.45) is 4.06. The lowest BCUT2D eigenvalue weighted by Crippen LogP contribution is -2.46. The molecule has 112 valence electrons. The standard InChI is InChI=1S/C17H27NOS/c1-4-8-13(3)11-14(18-5-2)16-12-20-17-10-7-6-9-15(17)19-16/h6-7,9-10,13-14,16,18H,4-5,8,11-12H2,1-3H3. The molecule has 2 rings (SSSR count). The summed E-state index contributed by atoms with van der Waals surface area (Å²) >= 11 is 1.93. The van der Waals surface area contributed by atoms with Crippen LogP contribution in [0.4, 0.5) is 0 Å². The molecular formula is C17H27NOS. The van der Waals surface area contributed by atoms with E-state index >= 15 is 0 Å². The first-order valence-corrected chi connectivity index (χ1v) is 8.85. The smallest absolute Gasteiger partial charge is 0.133 e. The van der Waals surface area contributed by atoms with Gasteiger partial charge in [0.05, 0.1) is 0 Å². The van der Waals surface area contributed by atoms with Crippen molar-refractivity contribution in [3.05, 3.63) is 24.3 Å². The van der Waals surface area contributed by atoms with Gasteiger partial charge in [-0.3, -0.25) is 0 Å². The van der Waals surface area contributed by atoms with Gasteiger partial charge in [0.1, 0.15) is 11.9 Å². The maximum Gasteiger partial charge on any atom is 0.133 e. The highest BCUT2D eigenvalue weighted by atomic mass is 32.2. The molecule has 0 radical (unpaired) electrons. The van der Waals surface area contributed by atoms with Crippen molar-refractivity contribution in [1.29, 1.82) is 0 Å². The highest BCUT2D eigenvalue weighted by molar-refractivity contribution is 7.99. The zero-order valence-electron chi connectivity index (χ0n) is 12.9. The number of likely N-dealkylation sites (N-methyl/N-ethyl adjacent to an activating group) is 1. The van der Waals surface area contributed by atoms with Crippen LogP contribution in [0.5, 0.6) is 5.75 Å². The Balaban J connectivity index is 2.00. The number of nitrogens with one attached hydrogen (secondary N) is 1. The number of hydrogen-bond donors (Lipinski definition) is 1. The van der Waals surface area contributed by atoms with E-state index in [-0.39, 0.29) is 6.10 Å². The van der Waals surface area contributed by atoms with Crippen molar-refractivity contribution in [2.45, 2.75) is 57.1 Å². The van der Waals surface area contributed by atoms with Gasteiger partial charge in [-0.25, -0.2) is 0 Å². The molecule has 1 aliphatic rings. The number of para-hydroxylation sites is 1. The highest BCUT2D eigenvalue weighted by Gasteiger charge is 2.28. The molecule has 1 N–H and O–H groups in total. The van der Waals surface area contributed by atoms with Gasteiger partial charge in [-0.2, -0.15) is 0 Å². The maximum absolute atomic E-state index is 6.24. The lowest BCUT2D eigenvalue weighted by atomic mass is 9.94. The van der Waals surface area contributed by atoms with Crippen LogP contribution in [0.15, 0.2) is 29.2 Å². The van der Waals surface area contributed by atoms with E-state index in [4.69, 9.17) is 4.74 Å². The molecule has 3 unspecified atom stereocenters. The SMILES string of the molecule is CCCC(C)CC(NCC)C1CSc2ccccc2O1. The molecule has 2 nitrogen and oxygen atoms in total. The molecule has 0 bridgehead atoms. The lowest BCUT2D eigenvalue weighted by Gasteiger charge is -2.33. The molecule has 3 atom stereocenters. The average Bonchev–Trinajstić information content (AvgIpc) is 2.46. The van der Waals surface area contributed by atoms with Crippen LogP contribution in [0, 0.1) is 5.92 Å². The van der Waals surface area contributed by atoms with Gasteiger partial charge in [0, 0.05) is 16.7 Å². The largest absolute Gasteiger partial charge is 0.487 e. The Bertz CT molecular complexity index is 410. The molecule has 3 heteroatoms. The predicted octanol–water partition coefficient (Wildman–Crippen LogP) is 4.34. The van der Waals surface area contributed by atoms with Crippen molar-refractivity contribution in [1.82, 2.24) is 5.32 Å². The molecule has 1 aliphatic heterocycles. The third-order valence-corrected chi connectivity index (χ3v) is 5.03. The molecule has 0 aliphatic carbocycles. The first-order valence-electron chi connectivity index (χ1n) is 7.86. The Morgan fingerprint density at radius 2 is 2.15 bits per heavy atom.